The lowest BCUT2D eigenvalue weighted by molar-refractivity contribution is -0.129. The van der Waals surface area contributed by atoms with E-state index in [0.29, 0.717) is 35.7 Å². The third-order valence-corrected chi connectivity index (χ3v) is 8.31. The van der Waals surface area contributed by atoms with Crippen LogP contribution in [-0.2, 0) is 21.4 Å². The van der Waals surface area contributed by atoms with Gasteiger partial charge in [-0.05, 0) is 24.3 Å². The molecule has 1 aliphatic heterocycles. The van der Waals surface area contributed by atoms with E-state index >= 15 is 0 Å². The number of hydrogen-bond donors (Lipinski definition) is 0. The monoisotopic (exact) mass is 484 g/mol. The number of carbonyl (C=O) groups is 1. The molecule has 1 aromatic heterocycles. The van der Waals surface area contributed by atoms with Crippen LogP contribution in [0.1, 0.15) is 0 Å². The van der Waals surface area contributed by atoms with Crippen LogP contribution in [0.15, 0.2) is 82.1 Å². The third kappa shape index (κ3) is 4.87. The van der Waals surface area contributed by atoms with Crippen molar-refractivity contribution in [1.82, 2.24) is 18.8 Å². The molecule has 0 saturated carbocycles. The Morgan fingerprint density at radius 3 is 2.39 bits per heavy atom. The number of thioether (sulfide) groups is 1. The fourth-order valence-electron chi connectivity index (χ4n) is 3.68. The van der Waals surface area contributed by atoms with Crippen molar-refractivity contribution >= 4 is 38.6 Å². The first kappa shape index (κ1) is 23.2. The Morgan fingerprint density at radius 1 is 1.03 bits per heavy atom. The third-order valence-electron chi connectivity index (χ3n) is 5.44. The van der Waals surface area contributed by atoms with E-state index in [1.54, 1.807) is 59.5 Å². The SMILES string of the molecule is C=CCn1c(SCC(=O)N2CCN(S(=O)(=O)c3ccccc3)CC2)nc2ccccc2c1=O. The van der Waals surface area contributed by atoms with Crippen LogP contribution in [0.25, 0.3) is 10.9 Å². The maximum absolute atomic E-state index is 12.8. The minimum Gasteiger partial charge on any atom is -0.339 e. The molecule has 0 spiro atoms. The highest BCUT2D eigenvalue weighted by Crippen LogP contribution is 2.20. The Balaban J connectivity index is 1.42. The highest BCUT2D eigenvalue weighted by Gasteiger charge is 2.30. The molecule has 2 heterocycles. The second-order valence-electron chi connectivity index (χ2n) is 7.50. The van der Waals surface area contributed by atoms with Crippen LogP contribution in [0.5, 0.6) is 0 Å². The number of fused-ring (bicyclic) bond motifs is 1. The van der Waals surface area contributed by atoms with Gasteiger partial charge in [-0.1, -0.05) is 48.2 Å². The molecule has 0 N–H and O–H groups in total. The van der Waals surface area contributed by atoms with E-state index in [-0.39, 0.29) is 35.2 Å². The van der Waals surface area contributed by atoms with Gasteiger partial charge in [0.15, 0.2) is 5.16 Å². The van der Waals surface area contributed by atoms with Gasteiger partial charge in [0.1, 0.15) is 0 Å². The number of benzene rings is 2. The van der Waals surface area contributed by atoms with Gasteiger partial charge in [0.2, 0.25) is 15.9 Å². The number of amides is 1. The van der Waals surface area contributed by atoms with Crippen molar-refractivity contribution in [3.8, 4) is 0 Å². The van der Waals surface area contributed by atoms with E-state index < -0.39 is 10.0 Å². The minimum absolute atomic E-state index is 0.105. The molecule has 0 aliphatic carbocycles. The van der Waals surface area contributed by atoms with E-state index in [1.165, 1.54) is 20.6 Å². The Labute approximate surface area is 196 Å². The number of carbonyl (C=O) groups excluding carboxylic acids is 1. The molecule has 0 unspecified atom stereocenters. The van der Waals surface area contributed by atoms with Crippen LogP contribution in [0.4, 0.5) is 0 Å². The fourth-order valence-corrected chi connectivity index (χ4v) is 6.04. The standard InChI is InChI=1S/C23H24N4O4S2/c1-2-12-27-22(29)19-10-6-7-11-20(19)24-23(27)32-17-21(28)25-13-15-26(16-14-25)33(30,31)18-8-4-3-5-9-18/h2-11H,1,12-17H2. The molecular weight excluding hydrogens is 460 g/mol. The summed E-state index contributed by atoms with van der Waals surface area (Å²) in [6.07, 6.45) is 1.62. The molecule has 4 rings (SSSR count). The number of piperazine rings is 1. The number of rotatable bonds is 7. The molecule has 10 heteroatoms. The van der Waals surface area contributed by atoms with Crippen molar-refractivity contribution in [3.63, 3.8) is 0 Å². The second kappa shape index (κ2) is 9.90. The predicted molar refractivity (Wildman–Crippen MR) is 129 cm³/mol. The highest BCUT2D eigenvalue weighted by atomic mass is 32.2. The number of allylic oxidation sites excluding steroid dienone is 1. The van der Waals surface area contributed by atoms with Gasteiger partial charge in [0.05, 0.1) is 21.6 Å². The zero-order valence-electron chi connectivity index (χ0n) is 18.0. The molecule has 0 bridgehead atoms. The smallest absolute Gasteiger partial charge is 0.262 e. The van der Waals surface area contributed by atoms with Gasteiger partial charge in [-0.3, -0.25) is 14.2 Å². The first-order valence-corrected chi connectivity index (χ1v) is 12.9. The van der Waals surface area contributed by atoms with Crippen LogP contribution in [0, 0.1) is 0 Å². The summed E-state index contributed by atoms with van der Waals surface area (Å²) in [6.45, 7) is 5.11. The van der Waals surface area contributed by atoms with Crippen molar-refractivity contribution in [1.29, 1.82) is 0 Å². The lowest BCUT2D eigenvalue weighted by Gasteiger charge is -2.34. The van der Waals surface area contributed by atoms with Crippen LogP contribution in [0.2, 0.25) is 0 Å². The Morgan fingerprint density at radius 2 is 1.70 bits per heavy atom. The van der Waals surface area contributed by atoms with Gasteiger partial charge in [0.25, 0.3) is 5.56 Å². The summed E-state index contributed by atoms with van der Waals surface area (Å²) in [4.78, 5) is 32.1. The molecule has 33 heavy (non-hydrogen) atoms. The molecule has 8 nitrogen and oxygen atoms in total. The summed E-state index contributed by atoms with van der Waals surface area (Å²) in [5.74, 6) is -0.0165. The van der Waals surface area contributed by atoms with E-state index in [4.69, 9.17) is 0 Å². The van der Waals surface area contributed by atoms with Gasteiger partial charge < -0.3 is 4.90 Å². The number of hydrogen-bond acceptors (Lipinski definition) is 6. The minimum atomic E-state index is -3.57. The summed E-state index contributed by atoms with van der Waals surface area (Å²) in [5.41, 5.74) is 0.410. The first-order chi connectivity index (χ1) is 15.9. The zero-order valence-corrected chi connectivity index (χ0v) is 19.6. The van der Waals surface area contributed by atoms with E-state index in [2.05, 4.69) is 11.6 Å². The molecule has 2 aromatic carbocycles. The molecule has 0 radical (unpaired) electrons. The van der Waals surface area contributed by atoms with Crippen molar-refractivity contribution < 1.29 is 13.2 Å². The Hall–Kier alpha value is -2.95. The van der Waals surface area contributed by atoms with Crippen molar-refractivity contribution in [3.05, 3.63) is 77.6 Å². The lowest BCUT2D eigenvalue weighted by Crippen LogP contribution is -2.51. The van der Waals surface area contributed by atoms with Crippen LogP contribution >= 0.6 is 11.8 Å². The number of aromatic nitrogens is 2. The Kier molecular flexibility index (Phi) is 6.96. The van der Waals surface area contributed by atoms with Crippen molar-refractivity contribution in [2.24, 2.45) is 0 Å². The van der Waals surface area contributed by atoms with E-state index in [9.17, 15) is 18.0 Å². The van der Waals surface area contributed by atoms with Gasteiger partial charge in [-0.15, -0.1) is 6.58 Å². The topological polar surface area (TPSA) is 92.6 Å². The molecule has 1 aliphatic rings. The maximum Gasteiger partial charge on any atom is 0.262 e. The van der Waals surface area contributed by atoms with Crippen molar-refractivity contribution in [2.45, 2.75) is 16.6 Å². The molecule has 0 atom stereocenters. The van der Waals surface area contributed by atoms with Crippen LogP contribution in [-0.4, -0.2) is 65.0 Å². The first-order valence-electron chi connectivity index (χ1n) is 10.5. The van der Waals surface area contributed by atoms with Gasteiger partial charge in [-0.2, -0.15) is 4.31 Å². The molecular formula is C23H24N4O4S2. The fraction of sp³-hybridized carbons (Fsp3) is 0.261. The quantitative estimate of drug-likeness (QED) is 0.290. The van der Waals surface area contributed by atoms with E-state index in [0.717, 1.165) is 0 Å². The summed E-state index contributed by atoms with van der Waals surface area (Å²) < 4.78 is 28.5. The lowest BCUT2D eigenvalue weighted by atomic mass is 10.2. The van der Waals surface area contributed by atoms with E-state index in [1.807, 2.05) is 6.07 Å². The number of nitrogens with zero attached hydrogens (tertiary/aromatic N) is 4. The average molecular weight is 485 g/mol. The Bertz CT molecular complexity index is 1330. The molecule has 3 aromatic rings. The average Bonchev–Trinajstić information content (AvgIpc) is 2.85. The summed E-state index contributed by atoms with van der Waals surface area (Å²) in [6, 6.07) is 15.4. The molecule has 172 valence electrons. The molecule has 1 saturated heterocycles. The van der Waals surface area contributed by atoms with Gasteiger partial charge >= 0.3 is 0 Å². The predicted octanol–water partition coefficient (Wildman–Crippen LogP) is 2.21. The largest absolute Gasteiger partial charge is 0.339 e. The zero-order chi connectivity index (χ0) is 23.4. The molecule has 1 amide bonds. The summed E-state index contributed by atoms with van der Waals surface area (Å²) in [7, 11) is -3.57. The highest BCUT2D eigenvalue weighted by molar-refractivity contribution is 7.99. The van der Waals surface area contributed by atoms with Gasteiger partial charge in [0, 0.05) is 32.7 Å². The number of para-hydroxylation sites is 1. The van der Waals surface area contributed by atoms with Crippen molar-refractivity contribution in [2.75, 3.05) is 31.9 Å². The van der Waals surface area contributed by atoms with Crippen LogP contribution in [0.3, 0.4) is 0 Å². The van der Waals surface area contributed by atoms with Gasteiger partial charge in [-0.25, -0.2) is 13.4 Å². The van der Waals surface area contributed by atoms with Crippen LogP contribution < -0.4 is 5.56 Å². The number of sulfonamides is 1. The summed E-state index contributed by atoms with van der Waals surface area (Å²) in [5, 5.41) is 0.975. The normalized spacial score (nSPS) is 15.0. The second-order valence-corrected chi connectivity index (χ2v) is 10.4. The maximum atomic E-state index is 12.8. The summed E-state index contributed by atoms with van der Waals surface area (Å²) >= 11 is 1.20. The molecule has 1 fully saturated rings.